The van der Waals surface area contributed by atoms with Gasteiger partial charge in [-0.25, -0.2) is 13.2 Å². The predicted molar refractivity (Wildman–Crippen MR) is 109 cm³/mol. The molecular weight excluding hydrogens is 394 g/mol. The number of rotatable bonds is 7. The number of hydrogen-bond donors (Lipinski definition) is 2. The van der Waals surface area contributed by atoms with Crippen molar-refractivity contribution >= 4 is 22.0 Å². The lowest BCUT2D eigenvalue weighted by Crippen LogP contribution is -2.10. The summed E-state index contributed by atoms with van der Waals surface area (Å²) in [6.07, 6.45) is 1.62. The summed E-state index contributed by atoms with van der Waals surface area (Å²) in [7, 11) is -1.97. The Kier molecular flexibility index (Phi) is 7.53. The van der Waals surface area contributed by atoms with E-state index in [0.29, 0.717) is 16.9 Å². The number of aliphatic carboxylic acids is 1. The molecule has 7 nitrogen and oxygen atoms in total. The first kappa shape index (κ1) is 22.1. The summed E-state index contributed by atoms with van der Waals surface area (Å²) in [6, 6.07) is 9.63. The third-order valence-corrected chi connectivity index (χ3v) is 5.59. The Morgan fingerprint density at radius 3 is 2.55 bits per heavy atom. The second-order valence-electron chi connectivity index (χ2n) is 6.09. The van der Waals surface area contributed by atoms with Crippen molar-refractivity contribution < 1.29 is 28.2 Å². The highest BCUT2D eigenvalue weighted by Gasteiger charge is 2.14. The molecule has 0 saturated heterocycles. The van der Waals surface area contributed by atoms with Gasteiger partial charge in [-0.3, -0.25) is 4.99 Å². The molecule has 0 radical (unpaired) electrons. The molecule has 0 aliphatic rings. The molecule has 2 aromatic carbocycles. The molecule has 0 spiro atoms. The Morgan fingerprint density at radius 1 is 1.17 bits per heavy atom. The predicted octanol–water partition coefficient (Wildman–Crippen LogP) is 1.67. The molecule has 2 aromatic rings. The fourth-order valence-electron chi connectivity index (χ4n) is 2.44. The lowest BCUT2D eigenvalue weighted by Gasteiger charge is -2.07. The summed E-state index contributed by atoms with van der Waals surface area (Å²) in [5.41, 5.74) is 2.49. The third-order valence-electron chi connectivity index (χ3n) is 3.89. The Balaban J connectivity index is 2.49. The maximum absolute atomic E-state index is 12.2. The molecule has 0 unspecified atom stereocenters. The SMILES string of the molecule is CN=Cc1ccc(OCC(=O)O)c(C#Cc2cc(S(=O)(=O)CCO)ccc2C)c1. The van der Waals surface area contributed by atoms with E-state index in [-0.39, 0.29) is 10.6 Å². The number of carboxylic acids is 1. The van der Waals surface area contributed by atoms with Crippen LogP contribution in [0.2, 0.25) is 0 Å². The molecular formula is C21H21NO6S. The number of sulfone groups is 1. The molecule has 152 valence electrons. The smallest absolute Gasteiger partial charge is 0.341 e. The Hall–Kier alpha value is -3.15. The maximum Gasteiger partial charge on any atom is 0.341 e. The average molecular weight is 415 g/mol. The highest BCUT2D eigenvalue weighted by atomic mass is 32.2. The van der Waals surface area contributed by atoms with Crippen LogP contribution in [0.25, 0.3) is 0 Å². The van der Waals surface area contributed by atoms with Crippen LogP contribution in [0.3, 0.4) is 0 Å². The zero-order valence-corrected chi connectivity index (χ0v) is 16.9. The second-order valence-corrected chi connectivity index (χ2v) is 8.20. The molecule has 8 heteroatoms. The van der Waals surface area contributed by atoms with Crippen molar-refractivity contribution in [2.24, 2.45) is 4.99 Å². The molecule has 0 amide bonds. The summed E-state index contributed by atoms with van der Waals surface area (Å²) in [6.45, 7) is 0.825. The molecule has 0 bridgehead atoms. The number of aliphatic imine (C=N–C) groups is 1. The van der Waals surface area contributed by atoms with Crippen molar-refractivity contribution in [1.82, 2.24) is 0 Å². The summed E-state index contributed by atoms with van der Waals surface area (Å²) in [4.78, 5) is 14.8. The number of hydrogen-bond acceptors (Lipinski definition) is 6. The Morgan fingerprint density at radius 2 is 1.90 bits per heavy atom. The van der Waals surface area contributed by atoms with Crippen LogP contribution in [0, 0.1) is 18.8 Å². The monoisotopic (exact) mass is 415 g/mol. The molecule has 2 N–H and O–H groups in total. The van der Waals surface area contributed by atoms with Crippen molar-refractivity contribution in [2.45, 2.75) is 11.8 Å². The van der Waals surface area contributed by atoms with Crippen molar-refractivity contribution in [1.29, 1.82) is 0 Å². The van der Waals surface area contributed by atoms with Gasteiger partial charge in [-0.15, -0.1) is 0 Å². The number of aliphatic hydroxyl groups excluding tert-OH is 1. The van der Waals surface area contributed by atoms with Gasteiger partial charge in [0.15, 0.2) is 16.4 Å². The van der Waals surface area contributed by atoms with Crippen LogP contribution >= 0.6 is 0 Å². The van der Waals surface area contributed by atoms with E-state index in [0.717, 1.165) is 11.1 Å². The standard InChI is InChI=1S/C21H21NO6S/c1-15-3-7-19(29(26,27)10-9-23)12-17(15)5-6-18-11-16(13-22-2)4-8-20(18)28-14-21(24)25/h3-4,7-8,11-13,23H,9-10,14H2,1-2H3,(H,24,25). The number of aliphatic hydroxyl groups is 1. The van der Waals surface area contributed by atoms with Crippen molar-refractivity contribution in [3.8, 4) is 17.6 Å². The van der Waals surface area contributed by atoms with Gasteiger partial charge in [0.1, 0.15) is 5.75 Å². The van der Waals surface area contributed by atoms with Crippen LogP contribution in [0.4, 0.5) is 0 Å². The van der Waals surface area contributed by atoms with Gasteiger partial charge in [-0.05, 0) is 48.4 Å². The zero-order chi connectivity index (χ0) is 21.4. The lowest BCUT2D eigenvalue weighted by atomic mass is 10.1. The number of nitrogens with zero attached hydrogens (tertiary/aromatic N) is 1. The van der Waals surface area contributed by atoms with E-state index in [4.69, 9.17) is 14.9 Å². The minimum absolute atomic E-state index is 0.0793. The van der Waals surface area contributed by atoms with E-state index in [2.05, 4.69) is 16.8 Å². The lowest BCUT2D eigenvalue weighted by molar-refractivity contribution is -0.139. The minimum atomic E-state index is -3.60. The van der Waals surface area contributed by atoms with Crippen molar-refractivity contribution in [2.75, 3.05) is 26.0 Å². The van der Waals surface area contributed by atoms with Crippen molar-refractivity contribution in [3.63, 3.8) is 0 Å². The molecule has 0 fully saturated rings. The highest BCUT2D eigenvalue weighted by Crippen LogP contribution is 2.20. The molecule has 0 aliphatic carbocycles. The van der Waals surface area contributed by atoms with E-state index in [1.54, 1.807) is 44.5 Å². The summed E-state index contributed by atoms with van der Waals surface area (Å²) in [5.74, 6) is 4.69. The fraction of sp³-hybridized carbons (Fsp3) is 0.238. The van der Waals surface area contributed by atoms with Gasteiger partial charge in [0.05, 0.1) is 22.8 Å². The van der Waals surface area contributed by atoms with Crippen LogP contribution in [0.5, 0.6) is 5.75 Å². The topological polar surface area (TPSA) is 113 Å². The van der Waals surface area contributed by atoms with Gasteiger partial charge in [-0.2, -0.15) is 0 Å². The van der Waals surface area contributed by atoms with Gasteiger partial charge in [0.2, 0.25) is 0 Å². The molecule has 29 heavy (non-hydrogen) atoms. The first-order chi connectivity index (χ1) is 13.8. The van der Waals surface area contributed by atoms with Gasteiger partial charge in [0.25, 0.3) is 0 Å². The van der Waals surface area contributed by atoms with E-state index < -0.39 is 29.0 Å². The van der Waals surface area contributed by atoms with Crippen LogP contribution in [-0.2, 0) is 14.6 Å². The highest BCUT2D eigenvalue weighted by molar-refractivity contribution is 7.91. The molecule has 0 aliphatic heterocycles. The largest absolute Gasteiger partial charge is 0.481 e. The quantitative estimate of drug-likeness (QED) is 0.525. The van der Waals surface area contributed by atoms with Gasteiger partial charge in [0, 0.05) is 18.8 Å². The number of carboxylic acid groups (broad SMARTS) is 1. The number of ether oxygens (including phenoxy) is 1. The number of aryl methyl sites for hydroxylation is 1. The zero-order valence-electron chi connectivity index (χ0n) is 16.0. The van der Waals surface area contributed by atoms with E-state index in [9.17, 15) is 13.2 Å². The van der Waals surface area contributed by atoms with E-state index >= 15 is 0 Å². The molecule has 0 aromatic heterocycles. The average Bonchev–Trinajstić information content (AvgIpc) is 2.66. The second kappa shape index (κ2) is 9.87. The summed E-state index contributed by atoms with van der Waals surface area (Å²) >= 11 is 0. The van der Waals surface area contributed by atoms with Gasteiger partial charge in [-0.1, -0.05) is 17.9 Å². The Bertz CT molecular complexity index is 1090. The molecule has 0 saturated carbocycles. The number of carbonyl (C=O) groups is 1. The summed E-state index contributed by atoms with van der Waals surface area (Å²) in [5, 5.41) is 17.8. The maximum atomic E-state index is 12.2. The van der Waals surface area contributed by atoms with E-state index in [1.165, 1.54) is 12.1 Å². The molecule has 0 atom stereocenters. The molecule has 2 rings (SSSR count). The van der Waals surface area contributed by atoms with Crippen LogP contribution in [0.1, 0.15) is 22.3 Å². The van der Waals surface area contributed by atoms with Gasteiger partial charge < -0.3 is 14.9 Å². The van der Waals surface area contributed by atoms with Crippen molar-refractivity contribution in [3.05, 3.63) is 58.7 Å². The number of benzene rings is 2. The first-order valence-corrected chi connectivity index (χ1v) is 10.3. The van der Waals surface area contributed by atoms with Crippen LogP contribution in [0.15, 0.2) is 46.3 Å². The summed E-state index contributed by atoms with van der Waals surface area (Å²) < 4.78 is 29.7. The fourth-order valence-corrected chi connectivity index (χ4v) is 3.49. The van der Waals surface area contributed by atoms with Crippen LogP contribution in [-0.4, -0.2) is 56.8 Å². The Labute approximate surface area is 169 Å². The first-order valence-electron chi connectivity index (χ1n) is 8.64. The third kappa shape index (κ3) is 6.17. The van der Waals surface area contributed by atoms with Crippen LogP contribution < -0.4 is 4.74 Å². The van der Waals surface area contributed by atoms with E-state index in [1.807, 2.05) is 0 Å². The normalized spacial score (nSPS) is 11.1. The minimum Gasteiger partial charge on any atom is -0.481 e. The van der Waals surface area contributed by atoms with Gasteiger partial charge >= 0.3 is 5.97 Å². The molecule has 0 heterocycles.